The zero-order valence-electron chi connectivity index (χ0n) is 21.2. The first kappa shape index (κ1) is 23.9. The van der Waals surface area contributed by atoms with E-state index in [-0.39, 0.29) is 23.9 Å². The number of rotatable bonds is 3. The highest BCUT2D eigenvalue weighted by Gasteiger charge is 2.34. The van der Waals surface area contributed by atoms with E-state index in [9.17, 15) is 9.59 Å². The highest BCUT2D eigenvalue weighted by molar-refractivity contribution is 6.10. The number of nitrogens with two attached hydrogens (primary N) is 1. The Balaban J connectivity index is 1.30. The van der Waals surface area contributed by atoms with E-state index in [1.165, 1.54) is 0 Å². The molecule has 3 aromatic rings. The Bertz CT molecular complexity index is 1540. The smallest absolute Gasteiger partial charge is 0.299 e. The molecule has 2 amide bonds. The molecule has 1 saturated carbocycles. The molecule has 4 heterocycles. The predicted molar refractivity (Wildman–Crippen MR) is 145 cm³/mol. The minimum atomic E-state index is -0.224. The maximum Gasteiger partial charge on any atom is 0.299 e. The van der Waals surface area contributed by atoms with Crippen molar-refractivity contribution in [2.45, 2.75) is 51.1 Å². The van der Waals surface area contributed by atoms with E-state index in [4.69, 9.17) is 10.7 Å². The number of nitrogens with one attached hydrogen (secondary N) is 1. The summed E-state index contributed by atoms with van der Waals surface area (Å²) in [6, 6.07) is 7.18. The second-order valence-electron chi connectivity index (χ2n) is 10.1. The third kappa shape index (κ3) is 4.65. The highest BCUT2D eigenvalue weighted by atomic mass is 16.2. The summed E-state index contributed by atoms with van der Waals surface area (Å²) in [5.41, 5.74) is 8.98. The summed E-state index contributed by atoms with van der Waals surface area (Å²) in [5.74, 6) is 7.57. The molecule has 2 aliphatic heterocycles. The van der Waals surface area contributed by atoms with E-state index < -0.39 is 0 Å². The van der Waals surface area contributed by atoms with Gasteiger partial charge in [-0.3, -0.25) is 19.0 Å². The number of carbonyl (C=O) groups is 2. The Morgan fingerprint density at radius 1 is 1.16 bits per heavy atom. The van der Waals surface area contributed by atoms with Gasteiger partial charge in [0.05, 0.1) is 12.1 Å². The number of anilines is 1. The van der Waals surface area contributed by atoms with Crippen molar-refractivity contribution in [3.63, 3.8) is 0 Å². The number of hydrogen-bond donors (Lipinski definition) is 2. The molecule has 9 nitrogen and oxygen atoms in total. The Morgan fingerprint density at radius 2 is 1.97 bits per heavy atom. The third-order valence-corrected chi connectivity index (χ3v) is 7.16. The van der Waals surface area contributed by atoms with Gasteiger partial charge in [-0.25, -0.2) is 9.97 Å². The Kier molecular flexibility index (Phi) is 6.16. The van der Waals surface area contributed by atoms with Crippen LogP contribution in [0.15, 0.2) is 53.8 Å². The van der Waals surface area contributed by atoms with Crippen molar-refractivity contribution in [1.29, 1.82) is 0 Å². The minimum absolute atomic E-state index is 0.150. The van der Waals surface area contributed by atoms with Crippen LogP contribution in [0.4, 0.5) is 5.82 Å². The molecule has 6 rings (SSSR count). The monoisotopic (exact) mass is 507 g/mol. The van der Waals surface area contributed by atoms with Crippen LogP contribution in [0.5, 0.6) is 0 Å². The lowest BCUT2D eigenvalue weighted by atomic mass is 10.1. The molecule has 2 fully saturated rings. The van der Waals surface area contributed by atoms with Gasteiger partial charge in [0.1, 0.15) is 28.7 Å². The second kappa shape index (κ2) is 9.78. The Labute approximate surface area is 220 Å². The fourth-order valence-corrected chi connectivity index (χ4v) is 5.02. The van der Waals surface area contributed by atoms with Crippen LogP contribution in [-0.4, -0.2) is 49.5 Å². The molecular weight excluding hydrogens is 478 g/mol. The van der Waals surface area contributed by atoms with Gasteiger partial charge in [-0.2, -0.15) is 0 Å². The summed E-state index contributed by atoms with van der Waals surface area (Å²) < 4.78 is 1.93. The number of aromatic nitrogens is 3. The molecule has 2 unspecified atom stereocenters. The van der Waals surface area contributed by atoms with E-state index >= 15 is 0 Å². The number of imidazole rings is 1. The molecule has 3 aliphatic rings. The molecule has 2 atom stereocenters. The molecule has 0 spiro atoms. The van der Waals surface area contributed by atoms with Crippen LogP contribution in [0.25, 0.3) is 16.8 Å². The molecular formula is C29H29N7O2. The molecule has 38 heavy (non-hydrogen) atoms. The first-order valence-corrected chi connectivity index (χ1v) is 13.1. The Hall–Kier alpha value is -4.45. The van der Waals surface area contributed by atoms with E-state index in [0.29, 0.717) is 40.9 Å². The summed E-state index contributed by atoms with van der Waals surface area (Å²) in [6.07, 6.45) is 12.0. The van der Waals surface area contributed by atoms with Crippen molar-refractivity contribution < 1.29 is 9.59 Å². The van der Waals surface area contributed by atoms with Crippen molar-refractivity contribution in [1.82, 2.24) is 24.6 Å². The fraction of sp³-hybridized carbons (Fsp3) is 0.345. The van der Waals surface area contributed by atoms with Crippen LogP contribution in [0, 0.1) is 17.8 Å². The number of aliphatic imine (C=N–C) groups is 1. The molecule has 0 bridgehead atoms. The van der Waals surface area contributed by atoms with Gasteiger partial charge in [-0.05, 0) is 63.2 Å². The molecule has 1 aromatic carbocycles. The van der Waals surface area contributed by atoms with E-state index in [1.807, 2.05) is 46.7 Å². The van der Waals surface area contributed by atoms with E-state index in [1.54, 1.807) is 18.3 Å². The van der Waals surface area contributed by atoms with Crippen LogP contribution in [0.3, 0.4) is 0 Å². The maximum absolute atomic E-state index is 12.9. The lowest BCUT2D eigenvalue weighted by molar-refractivity contribution is -0.126. The number of nitrogen functional groups attached to an aromatic ring is 1. The molecule has 1 saturated heterocycles. The van der Waals surface area contributed by atoms with Gasteiger partial charge in [0.2, 0.25) is 0 Å². The molecule has 1 aliphatic carbocycles. The van der Waals surface area contributed by atoms with Gasteiger partial charge in [0.25, 0.3) is 11.8 Å². The molecule has 3 N–H and O–H groups in total. The van der Waals surface area contributed by atoms with Crippen LogP contribution >= 0.6 is 0 Å². The largest absolute Gasteiger partial charge is 0.382 e. The summed E-state index contributed by atoms with van der Waals surface area (Å²) in [6.45, 7) is 2.66. The number of dihydropyridines is 1. The lowest BCUT2D eigenvalue weighted by Crippen LogP contribution is -2.31. The first-order chi connectivity index (χ1) is 18.5. The van der Waals surface area contributed by atoms with Crippen LogP contribution in [0.1, 0.15) is 61.3 Å². The molecule has 192 valence electrons. The average molecular weight is 508 g/mol. The number of fused-ring (bicyclic) bond motifs is 1. The zero-order chi connectivity index (χ0) is 26.2. The second-order valence-corrected chi connectivity index (χ2v) is 10.1. The number of amides is 2. The number of benzene rings is 1. The van der Waals surface area contributed by atoms with Gasteiger partial charge in [0, 0.05) is 36.0 Å². The van der Waals surface area contributed by atoms with Gasteiger partial charge < -0.3 is 16.0 Å². The zero-order valence-corrected chi connectivity index (χ0v) is 21.2. The number of amidine groups is 1. The number of likely N-dealkylation sites (tertiary alicyclic amines) is 1. The van der Waals surface area contributed by atoms with Crippen molar-refractivity contribution in [3.8, 4) is 23.1 Å². The molecule has 2 aromatic heterocycles. The lowest BCUT2D eigenvalue weighted by Gasteiger charge is -2.21. The number of hydrogen-bond acceptors (Lipinski definition) is 6. The summed E-state index contributed by atoms with van der Waals surface area (Å²) in [5, 5.41) is 2.87. The fourth-order valence-electron chi connectivity index (χ4n) is 5.02. The summed E-state index contributed by atoms with van der Waals surface area (Å²) >= 11 is 0. The van der Waals surface area contributed by atoms with Crippen LogP contribution in [0.2, 0.25) is 0 Å². The quantitative estimate of drug-likeness (QED) is 0.526. The predicted octanol–water partition coefficient (Wildman–Crippen LogP) is 3.53. The summed E-state index contributed by atoms with van der Waals surface area (Å²) in [4.78, 5) is 41.3. The van der Waals surface area contributed by atoms with Crippen LogP contribution in [-0.2, 0) is 4.79 Å². The first-order valence-electron chi connectivity index (χ1n) is 13.1. The van der Waals surface area contributed by atoms with Crippen molar-refractivity contribution in [2.24, 2.45) is 10.9 Å². The van der Waals surface area contributed by atoms with Crippen molar-refractivity contribution in [2.75, 3.05) is 12.3 Å². The van der Waals surface area contributed by atoms with Gasteiger partial charge in [-0.1, -0.05) is 24.1 Å². The minimum Gasteiger partial charge on any atom is -0.382 e. The highest BCUT2D eigenvalue weighted by Crippen LogP contribution is 2.36. The maximum atomic E-state index is 12.9. The standard InChI is InChI=1S/C29H29N7O2/c1-18-4-2-6-23(32-18)33-29(38)21-12-10-20(11-13-21)25-26-27(30)31-15-17-36(26)28(34-25)22-5-3-16-35(22)24(37)14-9-19-7-8-19/h2,6,10-13,15,17-19,22H,3-5,7-8,16H2,1H3,(H2,30,31)(H,32,33,38). The van der Waals surface area contributed by atoms with Gasteiger partial charge in [0.15, 0.2) is 0 Å². The SMILES string of the molecule is CC1CC=CC(NC(=O)c2ccc(-c3nc(C4CCCN4C(=O)C#CC4CC4)n4ccnc(N)c34)cc2)=N1. The number of nitrogens with zero attached hydrogens (tertiary/aromatic N) is 5. The van der Waals surface area contributed by atoms with Crippen molar-refractivity contribution >= 4 is 29.0 Å². The van der Waals surface area contributed by atoms with Crippen molar-refractivity contribution in [3.05, 3.63) is 60.2 Å². The van der Waals surface area contributed by atoms with Gasteiger partial charge in [-0.15, -0.1) is 0 Å². The van der Waals surface area contributed by atoms with Crippen LogP contribution < -0.4 is 11.1 Å². The molecule has 0 radical (unpaired) electrons. The summed E-state index contributed by atoms with van der Waals surface area (Å²) in [7, 11) is 0. The Morgan fingerprint density at radius 3 is 2.74 bits per heavy atom. The number of carbonyl (C=O) groups excluding carboxylic acids is 2. The van der Waals surface area contributed by atoms with E-state index in [0.717, 1.165) is 43.5 Å². The van der Waals surface area contributed by atoms with E-state index in [2.05, 4.69) is 27.1 Å². The van der Waals surface area contributed by atoms with Gasteiger partial charge >= 0.3 is 0 Å². The molecule has 9 heteroatoms. The normalized spacial score (nSPS) is 20.7. The third-order valence-electron chi connectivity index (χ3n) is 7.16. The topological polar surface area (TPSA) is 118 Å². The average Bonchev–Trinajstić information content (AvgIpc) is 3.47.